The van der Waals surface area contributed by atoms with Crippen LogP contribution in [0, 0.1) is 0 Å². The minimum Gasteiger partial charge on any atom is -0.315 e. The van der Waals surface area contributed by atoms with Crippen molar-refractivity contribution in [3.05, 3.63) is 36.3 Å². The first kappa shape index (κ1) is 11.1. The van der Waals surface area contributed by atoms with Crippen LogP contribution in [0.25, 0.3) is 5.65 Å². The van der Waals surface area contributed by atoms with Gasteiger partial charge < -0.3 is 9.72 Å². The average molecular weight is 217 g/mol. The average Bonchev–Trinajstić information content (AvgIpc) is 2.69. The molecule has 2 aromatic heterocycles. The third-order valence-electron chi connectivity index (χ3n) is 2.80. The molecular formula is C13H19N3. The van der Waals surface area contributed by atoms with Crippen molar-refractivity contribution >= 4 is 5.65 Å². The number of hydrogen-bond acceptors (Lipinski definition) is 2. The predicted molar refractivity (Wildman–Crippen MR) is 66.7 cm³/mol. The third-order valence-corrected chi connectivity index (χ3v) is 2.80. The fourth-order valence-electron chi connectivity index (χ4n) is 1.92. The van der Waals surface area contributed by atoms with Crippen LogP contribution in [0.2, 0.25) is 0 Å². The van der Waals surface area contributed by atoms with Crippen LogP contribution in [0.1, 0.15) is 26.0 Å². The fraction of sp³-hybridized carbons (Fsp3) is 0.462. The fourth-order valence-corrected chi connectivity index (χ4v) is 1.92. The van der Waals surface area contributed by atoms with Crippen LogP contribution in [0.15, 0.2) is 30.6 Å². The van der Waals surface area contributed by atoms with Crippen LogP contribution in [0.5, 0.6) is 0 Å². The highest BCUT2D eigenvalue weighted by Crippen LogP contribution is 2.07. The van der Waals surface area contributed by atoms with Gasteiger partial charge in [0.25, 0.3) is 0 Å². The molecule has 0 amide bonds. The Bertz CT molecular complexity index is 414. The van der Waals surface area contributed by atoms with Crippen molar-refractivity contribution in [3.8, 4) is 0 Å². The lowest BCUT2D eigenvalue weighted by molar-refractivity contribution is 0.528. The summed E-state index contributed by atoms with van der Waals surface area (Å²) in [6, 6.07) is 6.65. The first-order valence-corrected chi connectivity index (χ1v) is 5.95. The summed E-state index contributed by atoms with van der Waals surface area (Å²) in [5.74, 6) is 0. The zero-order chi connectivity index (χ0) is 11.4. The molecule has 0 saturated carbocycles. The molecular weight excluding hydrogens is 198 g/mol. The summed E-state index contributed by atoms with van der Waals surface area (Å²) in [6.07, 6.45) is 6.33. The van der Waals surface area contributed by atoms with Gasteiger partial charge in [-0.25, -0.2) is 4.98 Å². The molecule has 0 aliphatic rings. The molecule has 1 N–H and O–H groups in total. The van der Waals surface area contributed by atoms with Crippen LogP contribution in [0.4, 0.5) is 0 Å². The summed E-state index contributed by atoms with van der Waals surface area (Å²) in [4.78, 5) is 4.58. The molecule has 16 heavy (non-hydrogen) atoms. The number of nitrogens with one attached hydrogen (secondary N) is 1. The van der Waals surface area contributed by atoms with E-state index < -0.39 is 0 Å². The molecule has 3 nitrogen and oxygen atoms in total. The van der Waals surface area contributed by atoms with E-state index in [9.17, 15) is 0 Å². The standard InChI is InChI=1S/C13H19N3/c1-3-14-11(2)7-8-12-10-16-9-5-4-6-13(16)15-12/h4-6,9-11,14H,3,7-8H2,1-2H3. The van der Waals surface area contributed by atoms with Gasteiger partial charge in [-0.05, 0) is 38.4 Å². The number of imidazole rings is 1. The topological polar surface area (TPSA) is 29.3 Å². The Hall–Kier alpha value is -1.35. The minimum atomic E-state index is 0.565. The van der Waals surface area contributed by atoms with Gasteiger partial charge in [-0.15, -0.1) is 0 Å². The lowest BCUT2D eigenvalue weighted by Crippen LogP contribution is -2.25. The van der Waals surface area contributed by atoms with Crippen LogP contribution >= 0.6 is 0 Å². The Morgan fingerprint density at radius 1 is 1.44 bits per heavy atom. The Morgan fingerprint density at radius 2 is 2.31 bits per heavy atom. The second-order valence-corrected chi connectivity index (χ2v) is 4.20. The van der Waals surface area contributed by atoms with Gasteiger partial charge in [0.1, 0.15) is 5.65 Å². The quantitative estimate of drug-likeness (QED) is 0.832. The predicted octanol–water partition coefficient (Wildman–Crippen LogP) is 2.26. The zero-order valence-electron chi connectivity index (χ0n) is 9.98. The maximum atomic E-state index is 4.58. The van der Waals surface area contributed by atoms with Crippen LogP contribution in [-0.2, 0) is 6.42 Å². The summed E-state index contributed by atoms with van der Waals surface area (Å²) in [5.41, 5.74) is 2.21. The maximum absolute atomic E-state index is 4.58. The Kier molecular flexibility index (Phi) is 3.57. The third kappa shape index (κ3) is 2.61. The minimum absolute atomic E-state index is 0.565. The van der Waals surface area contributed by atoms with Crippen molar-refractivity contribution < 1.29 is 0 Å². The summed E-state index contributed by atoms with van der Waals surface area (Å²) in [5, 5.41) is 3.41. The molecule has 0 aliphatic carbocycles. The van der Waals surface area contributed by atoms with Gasteiger partial charge in [0.15, 0.2) is 0 Å². The first-order chi connectivity index (χ1) is 7.79. The van der Waals surface area contributed by atoms with Gasteiger partial charge in [-0.2, -0.15) is 0 Å². The molecule has 0 fully saturated rings. The van der Waals surface area contributed by atoms with Crippen molar-refractivity contribution in [1.29, 1.82) is 0 Å². The molecule has 0 aromatic carbocycles. The van der Waals surface area contributed by atoms with Gasteiger partial charge in [0.05, 0.1) is 5.69 Å². The molecule has 1 atom stereocenters. The van der Waals surface area contributed by atoms with E-state index >= 15 is 0 Å². The number of rotatable bonds is 5. The lowest BCUT2D eigenvalue weighted by atomic mass is 10.1. The van der Waals surface area contributed by atoms with Crippen LogP contribution < -0.4 is 5.32 Å². The SMILES string of the molecule is CCNC(C)CCc1cn2ccccc2n1. The van der Waals surface area contributed by atoms with Gasteiger partial charge in [0.2, 0.25) is 0 Å². The van der Waals surface area contributed by atoms with Crippen molar-refractivity contribution in [3.63, 3.8) is 0 Å². The number of hydrogen-bond donors (Lipinski definition) is 1. The highest BCUT2D eigenvalue weighted by Gasteiger charge is 2.04. The second-order valence-electron chi connectivity index (χ2n) is 4.20. The summed E-state index contributed by atoms with van der Waals surface area (Å²) < 4.78 is 2.08. The number of pyridine rings is 1. The van der Waals surface area contributed by atoms with E-state index in [2.05, 4.69) is 34.7 Å². The van der Waals surface area contributed by atoms with Crippen LogP contribution in [-0.4, -0.2) is 22.0 Å². The molecule has 3 heteroatoms. The molecule has 0 spiro atoms. The normalized spacial score (nSPS) is 13.1. The van der Waals surface area contributed by atoms with E-state index in [1.54, 1.807) is 0 Å². The first-order valence-electron chi connectivity index (χ1n) is 5.95. The van der Waals surface area contributed by atoms with E-state index in [4.69, 9.17) is 0 Å². The summed E-state index contributed by atoms with van der Waals surface area (Å²) >= 11 is 0. The Morgan fingerprint density at radius 3 is 3.06 bits per heavy atom. The highest BCUT2D eigenvalue weighted by atomic mass is 15.0. The number of nitrogens with zero attached hydrogens (tertiary/aromatic N) is 2. The molecule has 2 heterocycles. The van der Waals surface area contributed by atoms with Gasteiger partial charge in [0, 0.05) is 18.4 Å². The lowest BCUT2D eigenvalue weighted by Gasteiger charge is -2.10. The van der Waals surface area contributed by atoms with Gasteiger partial charge >= 0.3 is 0 Å². The molecule has 0 bridgehead atoms. The van der Waals surface area contributed by atoms with Crippen molar-refractivity contribution in [1.82, 2.24) is 14.7 Å². The van der Waals surface area contributed by atoms with E-state index in [-0.39, 0.29) is 0 Å². The van der Waals surface area contributed by atoms with Crippen molar-refractivity contribution in [2.45, 2.75) is 32.7 Å². The van der Waals surface area contributed by atoms with Crippen molar-refractivity contribution in [2.24, 2.45) is 0 Å². The molecule has 0 aliphatic heterocycles. The Labute approximate surface area is 96.5 Å². The Balaban J connectivity index is 1.99. The van der Waals surface area contributed by atoms with E-state index in [0.717, 1.165) is 25.0 Å². The second kappa shape index (κ2) is 5.12. The van der Waals surface area contributed by atoms with E-state index in [0.29, 0.717) is 6.04 Å². The molecule has 1 unspecified atom stereocenters. The highest BCUT2D eigenvalue weighted by molar-refractivity contribution is 5.39. The molecule has 0 saturated heterocycles. The molecule has 2 rings (SSSR count). The monoisotopic (exact) mass is 217 g/mol. The number of aryl methyl sites for hydroxylation is 1. The van der Waals surface area contributed by atoms with Crippen molar-refractivity contribution in [2.75, 3.05) is 6.54 Å². The van der Waals surface area contributed by atoms with E-state index in [1.807, 2.05) is 24.4 Å². The largest absolute Gasteiger partial charge is 0.315 e. The summed E-state index contributed by atoms with van der Waals surface area (Å²) in [7, 11) is 0. The molecule has 0 radical (unpaired) electrons. The number of aromatic nitrogens is 2. The smallest absolute Gasteiger partial charge is 0.136 e. The van der Waals surface area contributed by atoms with Gasteiger partial charge in [-0.3, -0.25) is 0 Å². The maximum Gasteiger partial charge on any atom is 0.136 e. The van der Waals surface area contributed by atoms with Crippen LogP contribution in [0.3, 0.4) is 0 Å². The van der Waals surface area contributed by atoms with Gasteiger partial charge in [-0.1, -0.05) is 13.0 Å². The zero-order valence-corrected chi connectivity index (χ0v) is 9.98. The molecule has 2 aromatic rings. The van der Waals surface area contributed by atoms with E-state index in [1.165, 1.54) is 5.69 Å². The summed E-state index contributed by atoms with van der Waals surface area (Å²) in [6.45, 7) is 5.40. The number of fused-ring (bicyclic) bond motifs is 1. The molecule has 86 valence electrons.